The van der Waals surface area contributed by atoms with Crippen molar-refractivity contribution in [2.24, 2.45) is 10.8 Å². The van der Waals surface area contributed by atoms with E-state index in [1.807, 2.05) is 24.3 Å². The molecule has 2 aromatic rings. The molecule has 0 fully saturated rings. The van der Waals surface area contributed by atoms with Crippen LogP contribution in [0, 0.1) is 0 Å². The zero-order valence-corrected chi connectivity index (χ0v) is 15.0. The first-order chi connectivity index (χ1) is 12.6. The monoisotopic (exact) mass is 377 g/mol. The summed E-state index contributed by atoms with van der Waals surface area (Å²) in [5.41, 5.74) is 7.71. The quantitative estimate of drug-likeness (QED) is 0.398. The average Bonchev–Trinajstić information content (AvgIpc) is 2.63. The van der Waals surface area contributed by atoms with Gasteiger partial charge in [0.2, 0.25) is 0 Å². The van der Waals surface area contributed by atoms with Crippen LogP contribution in [0.1, 0.15) is 12.0 Å². The van der Waals surface area contributed by atoms with E-state index in [0.717, 1.165) is 0 Å². The molecule has 8 heteroatoms. The van der Waals surface area contributed by atoms with Crippen LogP contribution in [0.4, 0.5) is 4.79 Å². The smallest absolute Gasteiger partial charge is 0.332 e. The Morgan fingerprint density at radius 3 is 2.54 bits per heavy atom. The van der Waals surface area contributed by atoms with Crippen molar-refractivity contribution in [2.75, 3.05) is 20.3 Å². The summed E-state index contributed by atoms with van der Waals surface area (Å²) in [6.07, 6.45) is 2.08. The van der Waals surface area contributed by atoms with Gasteiger partial charge in [0.15, 0.2) is 11.5 Å². The highest BCUT2D eigenvalue weighted by molar-refractivity contribution is 6.30. The largest absolute Gasteiger partial charge is 0.493 e. The summed E-state index contributed by atoms with van der Waals surface area (Å²) in [6, 6.07) is 11.8. The van der Waals surface area contributed by atoms with Crippen molar-refractivity contribution in [3.8, 4) is 17.2 Å². The first-order valence-corrected chi connectivity index (χ1v) is 8.24. The number of hydrazone groups is 1. The highest BCUT2D eigenvalue weighted by Gasteiger charge is 2.05. The van der Waals surface area contributed by atoms with E-state index in [2.05, 4.69) is 10.5 Å². The van der Waals surface area contributed by atoms with E-state index >= 15 is 0 Å². The molecule has 2 amide bonds. The molecule has 0 aliphatic rings. The molecule has 0 saturated carbocycles. The van der Waals surface area contributed by atoms with E-state index in [1.54, 1.807) is 25.3 Å². The molecule has 0 unspecified atom stereocenters. The van der Waals surface area contributed by atoms with Crippen LogP contribution in [0.2, 0.25) is 5.02 Å². The van der Waals surface area contributed by atoms with E-state index in [1.165, 1.54) is 6.21 Å². The number of halogens is 1. The Labute approximate surface area is 156 Å². The molecule has 26 heavy (non-hydrogen) atoms. The third-order valence-corrected chi connectivity index (χ3v) is 3.46. The standard InChI is InChI=1S/C18H20ClN3O4/c1-24-16-5-2-3-6-17(16)26-10-4-9-25-15-8-7-14(19)11-13(15)12-21-22-18(20)23/h2-3,5-8,11-12H,4,9-10H2,1H3,(H3,20,22,23)/b21-12-. The maximum absolute atomic E-state index is 10.7. The SMILES string of the molecule is COc1ccccc1OCCCOc1ccc(Cl)cc1/C=N\NC(N)=O. The fourth-order valence-corrected chi connectivity index (χ4v) is 2.26. The Bertz CT molecular complexity index is 768. The number of benzene rings is 2. The number of nitrogens with one attached hydrogen (secondary N) is 1. The van der Waals surface area contributed by atoms with Crippen molar-refractivity contribution in [1.29, 1.82) is 0 Å². The van der Waals surface area contributed by atoms with Crippen LogP contribution >= 0.6 is 11.6 Å². The van der Waals surface area contributed by atoms with E-state index < -0.39 is 6.03 Å². The Hall–Kier alpha value is -2.93. The lowest BCUT2D eigenvalue weighted by Crippen LogP contribution is -2.24. The average molecular weight is 378 g/mol. The van der Waals surface area contributed by atoms with Crippen LogP contribution < -0.4 is 25.4 Å². The van der Waals surface area contributed by atoms with E-state index in [9.17, 15) is 4.79 Å². The number of primary amides is 1. The third-order valence-electron chi connectivity index (χ3n) is 3.22. The number of para-hydroxylation sites is 2. The highest BCUT2D eigenvalue weighted by atomic mass is 35.5. The second-order valence-electron chi connectivity index (χ2n) is 5.12. The van der Waals surface area contributed by atoms with Crippen LogP contribution in [0.5, 0.6) is 17.2 Å². The normalized spacial score (nSPS) is 10.5. The predicted octanol–water partition coefficient (Wildman–Crippen LogP) is 3.20. The first-order valence-electron chi connectivity index (χ1n) is 7.87. The van der Waals surface area contributed by atoms with Gasteiger partial charge in [-0.1, -0.05) is 23.7 Å². The maximum atomic E-state index is 10.7. The molecule has 3 N–H and O–H groups in total. The minimum atomic E-state index is -0.751. The van der Waals surface area contributed by atoms with Crippen molar-refractivity contribution in [2.45, 2.75) is 6.42 Å². The molecule has 0 radical (unpaired) electrons. The van der Waals surface area contributed by atoms with Crippen LogP contribution in [0.25, 0.3) is 0 Å². The molecule has 2 rings (SSSR count). The number of urea groups is 1. The van der Waals surface area contributed by atoms with Gasteiger partial charge in [0.05, 0.1) is 26.5 Å². The number of hydrogen-bond donors (Lipinski definition) is 2. The highest BCUT2D eigenvalue weighted by Crippen LogP contribution is 2.26. The Balaban J connectivity index is 1.85. The summed E-state index contributed by atoms with van der Waals surface area (Å²) in [4.78, 5) is 10.7. The first kappa shape index (κ1) is 19.4. The number of rotatable bonds is 9. The molecular weight excluding hydrogens is 358 g/mol. The maximum Gasteiger partial charge on any atom is 0.332 e. The number of carbonyl (C=O) groups excluding carboxylic acids is 1. The van der Waals surface area contributed by atoms with Crippen LogP contribution in [-0.2, 0) is 0 Å². The summed E-state index contributed by atoms with van der Waals surface area (Å²) in [5, 5.41) is 4.24. The Morgan fingerprint density at radius 1 is 1.15 bits per heavy atom. The van der Waals surface area contributed by atoms with Crippen LogP contribution in [-0.4, -0.2) is 32.6 Å². The lowest BCUT2D eigenvalue weighted by Gasteiger charge is -2.12. The molecule has 138 valence electrons. The molecule has 0 bridgehead atoms. The molecule has 0 heterocycles. The number of hydrogen-bond acceptors (Lipinski definition) is 5. The van der Waals surface area contributed by atoms with Gasteiger partial charge in [-0.2, -0.15) is 5.10 Å². The Morgan fingerprint density at radius 2 is 1.85 bits per heavy atom. The van der Waals surface area contributed by atoms with Gasteiger partial charge < -0.3 is 19.9 Å². The van der Waals surface area contributed by atoms with Crippen LogP contribution in [0.3, 0.4) is 0 Å². The number of ether oxygens (including phenoxy) is 3. The van der Waals surface area contributed by atoms with E-state index in [-0.39, 0.29) is 0 Å². The summed E-state index contributed by atoms with van der Waals surface area (Å²) >= 11 is 5.98. The molecule has 2 aromatic carbocycles. The summed E-state index contributed by atoms with van der Waals surface area (Å²) in [7, 11) is 1.60. The number of nitrogens with zero attached hydrogens (tertiary/aromatic N) is 1. The third kappa shape index (κ3) is 6.18. The molecule has 7 nitrogen and oxygen atoms in total. The van der Waals surface area contributed by atoms with Crippen molar-refractivity contribution in [3.63, 3.8) is 0 Å². The predicted molar refractivity (Wildman–Crippen MR) is 100 cm³/mol. The van der Waals surface area contributed by atoms with Crippen molar-refractivity contribution in [3.05, 3.63) is 53.1 Å². The van der Waals surface area contributed by atoms with E-state index in [4.69, 9.17) is 31.5 Å². The molecule has 0 atom stereocenters. The van der Waals surface area contributed by atoms with Crippen molar-refractivity contribution < 1.29 is 19.0 Å². The van der Waals surface area contributed by atoms with Gasteiger partial charge >= 0.3 is 6.03 Å². The van der Waals surface area contributed by atoms with Gasteiger partial charge in [0.25, 0.3) is 0 Å². The Kier molecular flexibility index (Phi) is 7.57. The second kappa shape index (κ2) is 10.1. The van der Waals surface area contributed by atoms with Gasteiger partial charge in [-0.3, -0.25) is 0 Å². The van der Waals surface area contributed by atoms with Crippen LogP contribution in [0.15, 0.2) is 47.6 Å². The fourth-order valence-electron chi connectivity index (χ4n) is 2.08. The minimum absolute atomic E-state index is 0.431. The number of methoxy groups -OCH3 is 1. The summed E-state index contributed by atoms with van der Waals surface area (Å²) < 4.78 is 16.7. The molecule has 0 spiro atoms. The van der Waals surface area contributed by atoms with Crippen molar-refractivity contribution >= 4 is 23.8 Å². The molecule has 0 aromatic heterocycles. The van der Waals surface area contributed by atoms with Gasteiger partial charge in [-0.15, -0.1) is 0 Å². The lowest BCUT2D eigenvalue weighted by molar-refractivity contribution is 0.240. The van der Waals surface area contributed by atoms with E-state index in [0.29, 0.717) is 47.5 Å². The zero-order chi connectivity index (χ0) is 18.8. The lowest BCUT2D eigenvalue weighted by atomic mass is 10.2. The number of amides is 2. The van der Waals surface area contributed by atoms with Gasteiger partial charge in [-0.25, -0.2) is 10.2 Å². The topological polar surface area (TPSA) is 95.2 Å². The van der Waals surface area contributed by atoms with Gasteiger partial charge in [0.1, 0.15) is 5.75 Å². The second-order valence-corrected chi connectivity index (χ2v) is 5.55. The van der Waals surface area contributed by atoms with Gasteiger partial charge in [-0.05, 0) is 30.3 Å². The minimum Gasteiger partial charge on any atom is -0.493 e. The zero-order valence-electron chi connectivity index (χ0n) is 14.3. The summed E-state index contributed by atoms with van der Waals surface area (Å²) in [5.74, 6) is 1.96. The molecule has 0 saturated heterocycles. The number of carbonyl (C=O) groups is 1. The molecular formula is C18H20ClN3O4. The van der Waals surface area contributed by atoms with Crippen molar-refractivity contribution in [1.82, 2.24) is 5.43 Å². The fraction of sp³-hybridized carbons (Fsp3) is 0.222. The number of nitrogens with two attached hydrogens (primary N) is 1. The van der Waals surface area contributed by atoms with Gasteiger partial charge in [0, 0.05) is 17.0 Å². The molecule has 0 aliphatic heterocycles. The summed E-state index contributed by atoms with van der Waals surface area (Å²) in [6.45, 7) is 0.904. The molecule has 0 aliphatic carbocycles.